The quantitative estimate of drug-likeness (QED) is 0.646. The van der Waals surface area contributed by atoms with Crippen molar-refractivity contribution in [3.05, 3.63) is 54.6 Å². The van der Waals surface area contributed by atoms with Gasteiger partial charge in [-0.25, -0.2) is 9.07 Å². The third kappa shape index (κ3) is 3.95. The Labute approximate surface area is 199 Å². The van der Waals surface area contributed by atoms with Crippen molar-refractivity contribution in [1.29, 1.82) is 0 Å². The van der Waals surface area contributed by atoms with Crippen molar-refractivity contribution in [2.24, 2.45) is 0 Å². The molecule has 6 rings (SSSR count). The molecule has 4 heterocycles. The molecular formula is C26H31FN6O. The number of aromatic nitrogens is 2. The molecule has 0 radical (unpaired) electrons. The van der Waals surface area contributed by atoms with E-state index in [4.69, 9.17) is 5.10 Å². The van der Waals surface area contributed by atoms with Gasteiger partial charge in [-0.1, -0.05) is 30.3 Å². The fourth-order valence-electron chi connectivity index (χ4n) is 5.67. The van der Waals surface area contributed by atoms with Crippen LogP contribution in [0.15, 0.2) is 54.6 Å². The first-order valence-electron chi connectivity index (χ1n) is 12.4. The predicted octanol–water partition coefficient (Wildman–Crippen LogP) is 2.45. The maximum atomic E-state index is 13.5. The Hall–Kier alpha value is -2.97. The molecule has 178 valence electrons. The third-order valence-corrected chi connectivity index (χ3v) is 7.55. The number of likely N-dealkylation sites (tertiary alicyclic amines) is 1. The average Bonchev–Trinajstić information content (AvgIpc) is 3.63. The Morgan fingerprint density at radius 3 is 2.50 bits per heavy atom. The molecule has 3 saturated heterocycles. The lowest BCUT2D eigenvalue weighted by Crippen LogP contribution is -2.51. The number of alkyl halides is 1. The number of amides is 1. The molecule has 1 aromatic heterocycles. The van der Waals surface area contributed by atoms with Gasteiger partial charge in [0.1, 0.15) is 6.17 Å². The monoisotopic (exact) mass is 462 g/mol. The molecule has 1 N–H and O–H groups in total. The summed E-state index contributed by atoms with van der Waals surface area (Å²) in [7, 11) is 0. The number of rotatable bonds is 4. The predicted molar refractivity (Wildman–Crippen MR) is 131 cm³/mol. The van der Waals surface area contributed by atoms with E-state index >= 15 is 0 Å². The number of halogens is 1. The largest absolute Gasteiger partial charge is 0.352 e. The van der Waals surface area contributed by atoms with E-state index in [2.05, 4.69) is 51.5 Å². The van der Waals surface area contributed by atoms with Crippen molar-refractivity contribution in [1.82, 2.24) is 24.9 Å². The SMILES string of the molecule is O=C([C@@H]1C[C@H](N2CCN(c3nn(-c4ccccc4)c4ccccc34)CC2)CN1)N1CCC(F)C1. The number of hydrogen-bond donors (Lipinski definition) is 1. The van der Waals surface area contributed by atoms with Gasteiger partial charge in [0.25, 0.3) is 0 Å². The van der Waals surface area contributed by atoms with Crippen molar-refractivity contribution in [2.45, 2.75) is 31.1 Å². The molecule has 34 heavy (non-hydrogen) atoms. The summed E-state index contributed by atoms with van der Waals surface area (Å²) in [6, 6.07) is 18.9. The molecule has 8 heteroatoms. The summed E-state index contributed by atoms with van der Waals surface area (Å²) in [4.78, 5) is 19.3. The minimum Gasteiger partial charge on any atom is -0.352 e. The molecule has 0 aliphatic carbocycles. The van der Waals surface area contributed by atoms with Gasteiger partial charge in [0.2, 0.25) is 5.91 Å². The summed E-state index contributed by atoms with van der Waals surface area (Å²) < 4.78 is 15.6. The number of fused-ring (bicyclic) bond motifs is 1. The Bertz CT molecular complexity index is 1160. The topological polar surface area (TPSA) is 56.6 Å². The first kappa shape index (κ1) is 21.6. The van der Waals surface area contributed by atoms with Crippen LogP contribution >= 0.6 is 0 Å². The van der Waals surface area contributed by atoms with Crippen LogP contribution in [0.25, 0.3) is 16.6 Å². The van der Waals surface area contributed by atoms with E-state index in [1.165, 1.54) is 5.39 Å². The minimum atomic E-state index is -0.865. The fourth-order valence-corrected chi connectivity index (χ4v) is 5.67. The van der Waals surface area contributed by atoms with E-state index in [-0.39, 0.29) is 18.5 Å². The van der Waals surface area contributed by atoms with Gasteiger partial charge >= 0.3 is 0 Å². The number of hydrogen-bond acceptors (Lipinski definition) is 5. The normalized spacial score (nSPS) is 26.0. The average molecular weight is 463 g/mol. The molecule has 1 unspecified atom stereocenters. The highest BCUT2D eigenvalue weighted by Gasteiger charge is 2.38. The Balaban J connectivity index is 1.12. The van der Waals surface area contributed by atoms with Crippen LogP contribution in [0.1, 0.15) is 12.8 Å². The molecule has 3 aromatic rings. The Kier molecular flexibility index (Phi) is 5.71. The lowest BCUT2D eigenvalue weighted by atomic mass is 10.1. The summed E-state index contributed by atoms with van der Waals surface area (Å²) in [5.41, 5.74) is 2.18. The third-order valence-electron chi connectivity index (χ3n) is 7.55. The number of nitrogens with one attached hydrogen (secondary N) is 1. The number of anilines is 1. The molecule has 0 saturated carbocycles. The molecule has 3 aliphatic heterocycles. The summed E-state index contributed by atoms with van der Waals surface area (Å²) in [5, 5.41) is 9.59. The van der Waals surface area contributed by atoms with Gasteiger partial charge in [0.15, 0.2) is 5.82 Å². The van der Waals surface area contributed by atoms with Crippen molar-refractivity contribution < 1.29 is 9.18 Å². The molecule has 1 amide bonds. The lowest BCUT2D eigenvalue weighted by Gasteiger charge is -2.38. The van der Waals surface area contributed by atoms with E-state index in [0.29, 0.717) is 19.0 Å². The molecule has 0 spiro atoms. The van der Waals surface area contributed by atoms with Crippen LogP contribution in [0.4, 0.5) is 10.2 Å². The second-order valence-corrected chi connectivity index (χ2v) is 9.63. The van der Waals surface area contributed by atoms with Gasteiger partial charge in [0.05, 0.1) is 23.8 Å². The van der Waals surface area contributed by atoms with Crippen molar-refractivity contribution in [3.63, 3.8) is 0 Å². The van der Waals surface area contributed by atoms with E-state index in [1.54, 1.807) is 4.90 Å². The summed E-state index contributed by atoms with van der Waals surface area (Å²) in [6.07, 6.45) is 0.409. The van der Waals surface area contributed by atoms with Gasteiger partial charge in [0, 0.05) is 50.7 Å². The van der Waals surface area contributed by atoms with Crippen LogP contribution < -0.4 is 10.2 Å². The highest BCUT2D eigenvalue weighted by molar-refractivity contribution is 5.92. The second-order valence-electron chi connectivity index (χ2n) is 9.63. The number of nitrogens with zero attached hydrogens (tertiary/aromatic N) is 5. The van der Waals surface area contributed by atoms with Gasteiger partial charge in [-0.05, 0) is 37.1 Å². The standard InChI is InChI=1S/C26H31FN6O/c27-19-10-11-32(18-19)26(34)23-16-21(17-28-23)30-12-14-31(15-13-30)25-22-8-4-5-9-24(22)33(29-25)20-6-2-1-3-7-20/h1-9,19,21,23,28H,10-18H2/t19?,21-,23-/m0/s1. The summed E-state index contributed by atoms with van der Waals surface area (Å²) >= 11 is 0. The van der Waals surface area contributed by atoms with Gasteiger partial charge in [-0.15, -0.1) is 5.10 Å². The zero-order chi connectivity index (χ0) is 23.1. The summed E-state index contributed by atoms with van der Waals surface area (Å²) in [6.45, 7) is 5.30. The molecule has 3 atom stereocenters. The van der Waals surface area contributed by atoms with Crippen LogP contribution in [-0.2, 0) is 4.79 Å². The molecule has 3 aliphatic rings. The molecule has 3 fully saturated rings. The second kappa shape index (κ2) is 9.00. The maximum Gasteiger partial charge on any atom is 0.239 e. The highest BCUT2D eigenvalue weighted by atomic mass is 19.1. The summed E-state index contributed by atoms with van der Waals surface area (Å²) in [5.74, 6) is 1.10. The molecule has 7 nitrogen and oxygen atoms in total. The highest BCUT2D eigenvalue weighted by Crippen LogP contribution is 2.30. The number of piperazine rings is 1. The van der Waals surface area contributed by atoms with E-state index in [0.717, 1.165) is 56.2 Å². The zero-order valence-corrected chi connectivity index (χ0v) is 19.3. The smallest absolute Gasteiger partial charge is 0.239 e. The maximum absolute atomic E-state index is 13.5. The molecule has 0 bridgehead atoms. The Morgan fingerprint density at radius 1 is 0.971 bits per heavy atom. The minimum absolute atomic E-state index is 0.0687. The number of carbonyl (C=O) groups excluding carboxylic acids is 1. The van der Waals surface area contributed by atoms with E-state index in [9.17, 15) is 9.18 Å². The van der Waals surface area contributed by atoms with Crippen LogP contribution in [0.2, 0.25) is 0 Å². The van der Waals surface area contributed by atoms with Crippen molar-refractivity contribution >= 4 is 22.6 Å². The first-order valence-corrected chi connectivity index (χ1v) is 12.4. The number of para-hydroxylation sites is 2. The van der Waals surface area contributed by atoms with E-state index < -0.39 is 6.17 Å². The van der Waals surface area contributed by atoms with E-state index in [1.807, 2.05) is 22.9 Å². The van der Waals surface area contributed by atoms with Crippen molar-refractivity contribution in [3.8, 4) is 5.69 Å². The zero-order valence-electron chi connectivity index (χ0n) is 19.3. The molecular weight excluding hydrogens is 431 g/mol. The number of carbonyl (C=O) groups is 1. The number of benzene rings is 2. The van der Waals surface area contributed by atoms with Crippen LogP contribution in [-0.4, -0.2) is 89.6 Å². The first-order chi connectivity index (χ1) is 16.7. The van der Waals surface area contributed by atoms with Crippen LogP contribution in [0.3, 0.4) is 0 Å². The lowest BCUT2D eigenvalue weighted by molar-refractivity contribution is -0.132. The van der Waals surface area contributed by atoms with Crippen LogP contribution in [0, 0.1) is 0 Å². The van der Waals surface area contributed by atoms with Gasteiger partial charge in [-0.3, -0.25) is 9.69 Å². The van der Waals surface area contributed by atoms with Crippen molar-refractivity contribution in [2.75, 3.05) is 50.7 Å². The van der Waals surface area contributed by atoms with Gasteiger partial charge in [-0.2, -0.15) is 0 Å². The van der Waals surface area contributed by atoms with Gasteiger partial charge < -0.3 is 15.1 Å². The van der Waals surface area contributed by atoms with Crippen LogP contribution in [0.5, 0.6) is 0 Å². The molecule has 2 aromatic carbocycles. The fraction of sp³-hybridized carbons (Fsp3) is 0.462. The Morgan fingerprint density at radius 2 is 1.74 bits per heavy atom.